The molecule has 140 valence electrons. The minimum atomic E-state index is 0.173. The van der Waals surface area contributed by atoms with Gasteiger partial charge in [0, 0.05) is 83.7 Å². The summed E-state index contributed by atoms with van der Waals surface area (Å²) >= 11 is 3.51. The van der Waals surface area contributed by atoms with E-state index in [9.17, 15) is 4.79 Å². The second-order valence-corrected chi connectivity index (χ2v) is 7.35. The lowest BCUT2D eigenvalue weighted by atomic mass is 10.3. The van der Waals surface area contributed by atoms with Crippen LogP contribution in [0.5, 0.6) is 0 Å². The zero-order valence-corrected chi connectivity index (χ0v) is 17.2. The standard InChI is InChI=1S/C17H29BrN6O/c1-14(25)24-9-7-23(8-10-24)6-5-20-17(19-2)22(4)13-16-11-15(18)12-21(16)3/h11-12H,5-10,13H2,1-4H3,(H,19,20). The van der Waals surface area contributed by atoms with Gasteiger partial charge < -0.3 is 19.7 Å². The maximum absolute atomic E-state index is 11.4. The van der Waals surface area contributed by atoms with E-state index in [1.165, 1.54) is 5.69 Å². The third-order valence-corrected chi connectivity index (χ3v) is 5.01. The van der Waals surface area contributed by atoms with Gasteiger partial charge >= 0.3 is 0 Å². The monoisotopic (exact) mass is 412 g/mol. The fourth-order valence-electron chi connectivity index (χ4n) is 3.04. The molecule has 0 aliphatic carbocycles. The Hall–Kier alpha value is -1.54. The summed E-state index contributed by atoms with van der Waals surface area (Å²) in [5.41, 5.74) is 1.22. The molecule has 0 unspecified atom stereocenters. The van der Waals surface area contributed by atoms with Gasteiger partial charge in [-0.1, -0.05) is 0 Å². The lowest BCUT2D eigenvalue weighted by Crippen LogP contribution is -2.50. The fourth-order valence-corrected chi connectivity index (χ4v) is 3.61. The Morgan fingerprint density at radius 3 is 2.56 bits per heavy atom. The number of nitrogens with zero attached hydrogens (tertiary/aromatic N) is 5. The molecule has 0 saturated carbocycles. The molecule has 1 saturated heterocycles. The molecule has 1 fully saturated rings. The van der Waals surface area contributed by atoms with E-state index in [4.69, 9.17) is 0 Å². The van der Waals surface area contributed by atoms with Crippen molar-refractivity contribution >= 4 is 27.8 Å². The van der Waals surface area contributed by atoms with Crippen LogP contribution in [-0.4, -0.2) is 84.5 Å². The SMILES string of the molecule is CN=C(NCCN1CCN(C(C)=O)CC1)N(C)Cc1cc(Br)cn1C. The Labute approximate surface area is 158 Å². The summed E-state index contributed by atoms with van der Waals surface area (Å²) in [6.45, 7) is 7.75. The molecule has 0 bridgehead atoms. The second kappa shape index (κ2) is 9.24. The van der Waals surface area contributed by atoms with E-state index in [2.05, 4.69) is 52.9 Å². The number of nitrogens with one attached hydrogen (secondary N) is 1. The van der Waals surface area contributed by atoms with Crippen LogP contribution in [0.2, 0.25) is 0 Å². The number of guanidine groups is 1. The van der Waals surface area contributed by atoms with Crippen molar-refractivity contribution in [1.29, 1.82) is 0 Å². The maximum Gasteiger partial charge on any atom is 0.219 e. The zero-order chi connectivity index (χ0) is 18.4. The van der Waals surface area contributed by atoms with E-state index in [1.807, 2.05) is 26.0 Å². The largest absolute Gasteiger partial charge is 0.355 e. The molecule has 1 amide bonds. The molecule has 0 aromatic carbocycles. The number of rotatable bonds is 5. The van der Waals surface area contributed by atoms with E-state index in [1.54, 1.807) is 6.92 Å². The second-order valence-electron chi connectivity index (χ2n) is 6.44. The maximum atomic E-state index is 11.4. The minimum Gasteiger partial charge on any atom is -0.355 e. The number of amides is 1. The molecule has 25 heavy (non-hydrogen) atoms. The third-order valence-electron chi connectivity index (χ3n) is 4.58. The number of carbonyl (C=O) groups is 1. The molecule has 7 nitrogen and oxygen atoms in total. The lowest BCUT2D eigenvalue weighted by molar-refractivity contribution is -0.130. The Bertz CT molecular complexity index is 606. The van der Waals surface area contributed by atoms with Crippen LogP contribution in [0.15, 0.2) is 21.7 Å². The molecule has 1 aromatic rings. The van der Waals surface area contributed by atoms with Crippen molar-refractivity contribution in [1.82, 2.24) is 24.6 Å². The van der Waals surface area contributed by atoms with E-state index in [-0.39, 0.29) is 5.91 Å². The topological polar surface area (TPSA) is 56.1 Å². The number of hydrogen-bond donors (Lipinski definition) is 1. The molecule has 2 heterocycles. The van der Waals surface area contributed by atoms with Gasteiger partial charge in [0.25, 0.3) is 0 Å². The summed E-state index contributed by atoms with van der Waals surface area (Å²) in [4.78, 5) is 22.2. The number of hydrogen-bond acceptors (Lipinski definition) is 3. The number of aryl methyl sites for hydroxylation is 1. The number of carbonyl (C=O) groups excluding carboxylic acids is 1. The molecule has 2 rings (SSSR count). The van der Waals surface area contributed by atoms with Crippen LogP contribution in [0.25, 0.3) is 0 Å². The van der Waals surface area contributed by atoms with Crippen LogP contribution in [0.3, 0.4) is 0 Å². The number of piperazine rings is 1. The van der Waals surface area contributed by atoms with Gasteiger partial charge in [0.2, 0.25) is 5.91 Å². The summed E-state index contributed by atoms with van der Waals surface area (Å²) in [6, 6.07) is 2.12. The first-order chi connectivity index (χ1) is 11.9. The summed E-state index contributed by atoms with van der Waals surface area (Å²) in [5, 5.41) is 3.43. The smallest absolute Gasteiger partial charge is 0.219 e. The van der Waals surface area contributed by atoms with Crippen LogP contribution < -0.4 is 5.32 Å². The zero-order valence-electron chi connectivity index (χ0n) is 15.6. The Morgan fingerprint density at radius 2 is 2.04 bits per heavy atom. The van der Waals surface area contributed by atoms with Crippen molar-refractivity contribution in [2.24, 2.45) is 12.0 Å². The molecule has 0 atom stereocenters. The van der Waals surface area contributed by atoms with Crippen LogP contribution in [0.4, 0.5) is 0 Å². The van der Waals surface area contributed by atoms with Gasteiger partial charge in [0.05, 0.1) is 6.54 Å². The van der Waals surface area contributed by atoms with Gasteiger partial charge in [-0.3, -0.25) is 14.7 Å². The van der Waals surface area contributed by atoms with Gasteiger partial charge in [-0.05, 0) is 22.0 Å². The van der Waals surface area contributed by atoms with Gasteiger partial charge in [-0.15, -0.1) is 0 Å². The highest BCUT2D eigenvalue weighted by Crippen LogP contribution is 2.14. The highest BCUT2D eigenvalue weighted by molar-refractivity contribution is 9.10. The van der Waals surface area contributed by atoms with E-state index in [0.717, 1.165) is 56.2 Å². The van der Waals surface area contributed by atoms with E-state index in [0.29, 0.717) is 0 Å². The van der Waals surface area contributed by atoms with Gasteiger partial charge in [0.15, 0.2) is 5.96 Å². The molecule has 1 aromatic heterocycles. The molecule has 1 aliphatic heterocycles. The number of aliphatic imine (C=N–C) groups is 1. The first kappa shape index (κ1) is 19.8. The van der Waals surface area contributed by atoms with Crippen LogP contribution in [0, 0.1) is 0 Å². The Morgan fingerprint density at radius 1 is 1.36 bits per heavy atom. The predicted molar refractivity (Wildman–Crippen MR) is 105 cm³/mol. The van der Waals surface area contributed by atoms with Crippen molar-refractivity contribution in [3.05, 3.63) is 22.4 Å². The first-order valence-corrected chi connectivity index (χ1v) is 9.40. The van der Waals surface area contributed by atoms with E-state index >= 15 is 0 Å². The number of aromatic nitrogens is 1. The van der Waals surface area contributed by atoms with Crippen molar-refractivity contribution in [2.45, 2.75) is 13.5 Å². The van der Waals surface area contributed by atoms with Crippen molar-refractivity contribution in [3.8, 4) is 0 Å². The molecular weight excluding hydrogens is 384 g/mol. The highest BCUT2D eigenvalue weighted by Gasteiger charge is 2.18. The quantitative estimate of drug-likeness (QED) is 0.577. The summed E-state index contributed by atoms with van der Waals surface area (Å²) < 4.78 is 3.20. The van der Waals surface area contributed by atoms with Crippen molar-refractivity contribution in [3.63, 3.8) is 0 Å². The normalized spacial score (nSPS) is 16.2. The lowest BCUT2D eigenvalue weighted by Gasteiger charge is -2.34. The fraction of sp³-hybridized carbons (Fsp3) is 0.647. The Kier molecular flexibility index (Phi) is 7.31. The average molecular weight is 413 g/mol. The van der Waals surface area contributed by atoms with Crippen LogP contribution in [0.1, 0.15) is 12.6 Å². The van der Waals surface area contributed by atoms with Crippen LogP contribution >= 0.6 is 15.9 Å². The van der Waals surface area contributed by atoms with Gasteiger partial charge in [-0.2, -0.15) is 0 Å². The summed E-state index contributed by atoms with van der Waals surface area (Å²) in [5.74, 6) is 1.06. The molecular formula is C17H29BrN6O. The number of halogens is 1. The average Bonchev–Trinajstić information content (AvgIpc) is 2.89. The Balaban J connectivity index is 1.75. The molecule has 1 N–H and O–H groups in total. The van der Waals surface area contributed by atoms with Crippen molar-refractivity contribution < 1.29 is 4.79 Å². The van der Waals surface area contributed by atoms with E-state index < -0.39 is 0 Å². The molecule has 1 aliphatic rings. The summed E-state index contributed by atoms with van der Waals surface area (Å²) in [6.07, 6.45) is 2.06. The molecule has 0 spiro atoms. The molecule has 8 heteroatoms. The van der Waals surface area contributed by atoms with Crippen molar-refractivity contribution in [2.75, 3.05) is 53.4 Å². The predicted octanol–water partition coefficient (Wildman–Crippen LogP) is 0.959. The summed E-state index contributed by atoms with van der Waals surface area (Å²) in [7, 11) is 5.90. The third kappa shape index (κ3) is 5.74. The first-order valence-electron chi connectivity index (χ1n) is 8.61. The van der Waals surface area contributed by atoms with Crippen LogP contribution in [-0.2, 0) is 18.4 Å². The molecule has 0 radical (unpaired) electrons. The highest BCUT2D eigenvalue weighted by atomic mass is 79.9. The van der Waals surface area contributed by atoms with Gasteiger partial charge in [0.1, 0.15) is 0 Å². The van der Waals surface area contributed by atoms with Gasteiger partial charge in [-0.25, -0.2) is 0 Å². The minimum absolute atomic E-state index is 0.173.